The van der Waals surface area contributed by atoms with Crippen LogP contribution in [-0.2, 0) is 0 Å². The van der Waals surface area contributed by atoms with Gasteiger partial charge in [0.2, 0.25) is 0 Å². The summed E-state index contributed by atoms with van der Waals surface area (Å²) >= 11 is 11.4. The minimum atomic E-state index is -0.398. The maximum atomic E-state index is 5.71. The first-order valence-corrected chi connectivity index (χ1v) is 5.17. The van der Waals surface area contributed by atoms with Crippen molar-refractivity contribution in [3.63, 3.8) is 0 Å². The Morgan fingerprint density at radius 1 is 0.929 bits per heavy atom. The third kappa shape index (κ3) is 3.64. The lowest BCUT2D eigenvalue weighted by atomic mass is 10.3. The topological polar surface area (TPSA) is 18.5 Å². The molecule has 1 rings (SSSR count). The van der Waals surface area contributed by atoms with Crippen LogP contribution in [0.5, 0.6) is 11.5 Å². The van der Waals surface area contributed by atoms with Gasteiger partial charge in [0.1, 0.15) is 0 Å². The number of halogens is 2. The third-order valence-corrected chi connectivity index (χ3v) is 1.61. The smallest absolute Gasteiger partial charge is 0.169 e. The Balaban J connectivity index is 2.80. The van der Waals surface area contributed by atoms with Crippen molar-refractivity contribution < 1.29 is 9.47 Å². The van der Waals surface area contributed by atoms with Gasteiger partial charge in [0.25, 0.3) is 0 Å². The molecule has 14 heavy (non-hydrogen) atoms. The van der Waals surface area contributed by atoms with Gasteiger partial charge in [0, 0.05) is 0 Å². The molecule has 0 aliphatic heterocycles. The van der Waals surface area contributed by atoms with Crippen molar-refractivity contribution in [1.82, 2.24) is 0 Å². The molecule has 0 radical (unpaired) electrons. The molecule has 0 fully saturated rings. The van der Waals surface area contributed by atoms with Crippen LogP contribution in [0, 0.1) is 0 Å². The van der Waals surface area contributed by atoms with Gasteiger partial charge >= 0.3 is 0 Å². The Hall–Kier alpha value is -0.600. The average molecular weight is 235 g/mol. The second kappa shape index (κ2) is 5.32. The predicted octanol–water partition coefficient (Wildman–Crippen LogP) is 3.61. The van der Waals surface area contributed by atoms with Crippen molar-refractivity contribution in [2.45, 2.75) is 25.0 Å². The van der Waals surface area contributed by atoms with Gasteiger partial charge in [-0.3, -0.25) is 0 Å². The number of para-hydroxylation sites is 2. The van der Waals surface area contributed by atoms with Crippen LogP contribution in [0.4, 0.5) is 0 Å². The van der Waals surface area contributed by atoms with Gasteiger partial charge in [-0.1, -0.05) is 35.3 Å². The number of hydrogen-bond acceptors (Lipinski definition) is 2. The molecule has 0 aliphatic carbocycles. The minimum Gasteiger partial charge on any atom is -0.471 e. The summed E-state index contributed by atoms with van der Waals surface area (Å²) < 4.78 is 10.7. The highest BCUT2D eigenvalue weighted by Crippen LogP contribution is 2.29. The van der Waals surface area contributed by atoms with Crippen LogP contribution in [0.1, 0.15) is 13.8 Å². The summed E-state index contributed by atoms with van der Waals surface area (Å²) in [6.07, 6.45) is 0. The van der Waals surface area contributed by atoms with E-state index >= 15 is 0 Å². The largest absolute Gasteiger partial charge is 0.471 e. The molecule has 2 nitrogen and oxygen atoms in total. The molecule has 2 atom stereocenters. The first-order chi connectivity index (χ1) is 6.59. The maximum Gasteiger partial charge on any atom is 0.169 e. The van der Waals surface area contributed by atoms with E-state index < -0.39 is 11.1 Å². The van der Waals surface area contributed by atoms with Crippen molar-refractivity contribution in [3.05, 3.63) is 24.3 Å². The molecular weight excluding hydrogens is 223 g/mol. The monoisotopic (exact) mass is 234 g/mol. The van der Waals surface area contributed by atoms with Crippen LogP contribution in [0.15, 0.2) is 24.3 Å². The fourth-order valence-corrected chi connectivity index (χ4v) is 1.19. The number of benzene rings is 1. The van der Waals surface area contributed by atoms with Crippen LogP contribution in [0.2, 0.25) is 0 Å². The van der Waals surface area contributed by atoms with Crippen molar-refractivity contribution in [1.29, 1.82) is 0 Å². The van der Waals surface area contributed by atoms with E-state index in [1.165, 1.54) is 0 Å². The standard InChI is InChI=1S/C10H12Cl2O2/c1-7(11)13-9-5-3-4-6-10(9)14-8(2)12/h3-8H,1-2H3. The molecule has 4 heteroatoms. The zero-order valence-corrected chi connectivity index (χ0v) is 9.55. The lowest BCUT2D eigenvalue weighted by Crippen LogP contribution is -2.07. The second-order valence-electron chi connectivity index (χ2n) is 2.77. The van der Waals surface area contributed by atoms with Gasteiger partial charge in [-0.15, -0.1) is 0 Å². The average Bonchev–Trinajstić information content (AvgIpc) is 2.06. The highest BCUT2D eigenvalue weighted by molar-refractivity contribution is 6.19. The van der Waals surface area contributed by atoms with E-state index in [1.807, 2.05) is 12.1 Å². The summed E-state index contributed by atoms with van der Waals surface area (Å²) in [5.74, 6) is 1.20. The van der Waals surface area contributed by atoms with E-state index in [2.05, 4.69) is 0 Å². The summed E-state index contributed by atoms with van der Waals surface area (Å²) in [6.45, 7) is 3.48. The molecule has 0 spiro atoms. The van der Waals surface area contributed by atoms with Crippen molar-refractivity contribution >= 4 is 23.2 Å². The molecule has 1 aromatic carbocycles. The normalized spacial score (nSPS) is 14.6. The summed E-state index contributed by atoms with van der Waals surface area (Å²) in [5, 5.41) is 0. The van der Waals surface area contributed by atoms with Crippen LogP contribution in [-0.4, -0.2) is 11.1 Å². The van der Waals surface area contributed by atoms with Gasteiger partial charge in [0.05, 0.1) is 0 Å². The first kappa shape index (κ1) is 11.5. The van der Waals surface area contributed by atoms with Crippen molar-refractivity contribution in [2.24, 2.45) is 0 Å². The quantitative estimate of drug-likeness (QED) is 0.742. The van der Waals surface area contributed by atoms with E-state index in [0.29, 0.717) is 11.5 Å². The van der Waals surface area contributed by atoms with E-state index in [1.54, 1.807) is 26.0 Å². The van der Waals surface area contributed by atoms with Gasteiger partial charge in [0.15, 0.2) is 22.6 Å². The number of hydrogen-bond donors (Lipinski definition) is 0. The summed E-state index contributed by atoms with van der Waals surface area (Å²) in [4.78, 5) is 0. The Bertz CT molecular complexity index is 258. The SMILES string of the molecule is CC(Cl)Oc1ccccc1OC(C)Cl. The second-order valence-corrected chi connectivity index (χ2v) is 4.00. The van der Waals surface area contributed by atoms with Gasteiger partial charge in [-0.05, 0) is 26.0 Å². The highest BCUT2D eigenvalue weighted by atomic mass is 35.5. The Morgan fingerprint density at radius 2 is 1.29 bits per heavy atom. The Morgan fingerprint density at radius 3 is 1.57 bits per heavy atom. The molecule has 0 aromatic heterocycles. The summed E-state index contributed by atoms with van der Waals surface area (Å²) in [6, 6.07) is 7.27. The van der Waals surface area contributed by atoms with Crippen LogP contribution < -0.4 is 9.47 Å². The molecule has 0 aliphatic rings. The predicted molar refractivity (Wildman–Crippen MR) is 58.3 cm³/mol. The van der Waals surface area contributed by atoms with E-state index in [-0.39, 0.29) is 0 Å². The molecule has 2 unspecified atom stereocenters. The molecule has 0 heterocycles. The van der Waals surface area contributed by atoms with Gasteiger partial charge in [-0.25, -0.2) is 0 Å². The van der Waals surface area contributed by atoms with Gasteiger partial charge < -0.3 is 9.47 Å². The molecular formula is C10H12Cl2O2. The van der Waals surface area contributed by atoms with Gasteiger partial charge in [-0.2, -0.15) is 0 Å². The lowest BCUT2D eigenvalue weighted by Gasteiger charge is -2.14. The number of alkyl halides is 2. The molecule has 0 N–H and O–H groups in total. The van der Waals surface area contributed by atoms with Crippen molar-refractivity contribution in [2.75, 3.05) is 0 Å². The van der Waals surface area contributed by atoms with Crippen molar-refractivity contribution in [3.8, 4) is 11.5 Å². The molecule has 1 aromatic rings. The Kier molecular flexibility index (Phi) is 4.36. The molecule has 0 bridgehead atoms. The molecule has 0 saturated heterocycles. The highest BCUT2D eigenvalue weighted by Gasteiger charge is 2.08. The molecule has 78 valence electrons. The third-order valence-electron chi connectivity index (χ3n) is 1.43. The number of rotatable bonds is 4. The zero-order valence-electron chi connectivity index (χ0n) is 8.04. The molecule has 0 saturated carbocycles. The fraction of sp³-hybridized carbons (Fsp3) is 0.400. The summed E-state index contributed by atoms with van der Waals surface area (Å²) in [7, 11) is 0. The Labute approximate surface area is 93.7 Å². The summed E-state index contributed by atoms with van der Waals surface area (Å²) in [5.41, 5.74) is -0.796. The first-order valence-electron chi connectivity index (χ1n) is 4.30. The fourth-order valence-electron chi connectivity index (χ4n) is 0.995. The van der Waals surface area contributed by atoms with E-state index in [0.717, 1.165) is 0 Å². The molecule has 0 amide bonds. The van der Waals surface area contributed by atoms with E-state index in [9.17, 15) is 0 Å². The zero-order chi connectivity index (χ0) is 10.6. The maximum absolute atomic E-state index is 5.71. The lowest BCUT2D eigenvalue weighted by molar-refractivity contribution is 0.252. The number of ether oxygens (including phenoxy) is 2. The van der Waals surface area contributed by atoms with Crippen LogP contribution >= 0.6 is 23.2 Å². The van der Waals surface area contributed by atoms with Crippen LogP contribution in [0.3, 0.4) is 0 Å². The van der Waals surface area contributed by atoms with E-state index in [4.69, 9.17) is 32.7 Å². The van der Waals surface area contributed by atoms with Crippen LogP contribution in [0.25, 0.3) is 0 Å². The minimum absolute atomic E-state index is 0.398.